The van der Waals surface area contributed by atoms with E-state index in [4.69, 9.17) is 14.2 Å². The number of fused-ring (bicyclic) bond motifs is 1. The van der Waals surface area contributed by atoms with Gasteiger partial charge in [-0.1, -0.05) is 33.8 Å². The number of rotatable bonds is 12. The number of likely N-dealkylation sites (N-methyl/N-ethyl adjacent to an activating group) is 1. The lowest BCUT2D eigenvalue weighted by Gasteiger charge is -2.28. The van der Waals surface area contributed by atoms with Crippen LogP contribution in [0.15, 0.2) is 42.0 Å². The standard InChI is InChI=1S/C32H42N2O6/c1-7-33(8-2)14-15-34-29(22-9-12-26(27(19-22)38-6)39-16-13-20(3)4)28(31(36)32(34)37)30(35)23-10-11-25-24(18-23)17-21(5)40-25/h9-12,18-21,29,35H,7-8,13-17H2,1-6H3/t21-,29+/m0/s1. The number of carbonyl (C=O) groups excluding carboxylic acids is 2. The Hall–Kier alpha value is -3.52. The van der Waals surface area contributed by atoms with Gasteiger partial charge in [0, 0.05) is 25.1 Å². The second-order valence-electron chi connectivity index (χ2n) is 10.9. The molecule has 1 N–H and O–H groups in total. The molecule has 0 aromatic heterocycles. The molecule has 0 saturated carbocycles. The first-order valence-corrected chi connectivity index (χ1v) is 14.3. The van der Waals surface area contributed by atoms with Crippen LogP contribution in [0.5, 0.6) is 17.2 Å². The lowest BCUT2D eigenvalue weighted by molar-refractivity contribution is -0.140. The highest BCUT2D eigenvalue weighted by molar-refractivity contribution is 6.46. The Morgan fingerprint density at radius 2 is 1.88 bits per heavy atom. The fourth-order valence-corrected chi connectivity index (χ4v) is 5.35. The first kappa shape index (κ1) is 29.5. The molecule has 2 heterocycles. The third kappa shape index (κ3) is 6.12. The topological polar surface area (TPSA) is 88.5 Å². The Labute approximate surface area is 237 Å². The molecule has 1 amide bonds. The molecule has 0 radical (unpaired) electrons. The van der Waals surface area contributed by atoms with E-state index in [0.29, 0.717) is 54.7 Å². The van der Waals surface area contributed by atoms with Gasteiger partial charge in [0.1, 0.15) is 17.6 Å². The summed E-state index contributed by atoms with van der Waals surface area (Å²) in [6.07, 6.45) is 1.67. The van der Waals surface area contributed by atoms with E-state index in [9.17, 15) is 14.7 Å². The minimum Gasteiger partial charge on any atom is -0.507 e. The van der Waals surface area contributed by atoms with Gasteiger partial charge < -0.3 is 29.1 Å². The second kappa shape index (κ2) is 12.8. The van der Waals surface area contributed by atoms with E-state index in [1.165, 1.54) is 0 Å². The molecule has 0 aliphatic carbocycles. The van der Waals surface area contributed by atoms with Gasteiger partial charge in [0.2, 0.25) is 0 Å². The van der Waals surface area contributed by atoms with Crippen molar-refractivity contribution in [3.63, 3.8) is 0 Å². The van der Waals surface area contributed by atoms with Crippen LogP contribution in [-0.4, -0.2) is 72.6 Å². The molecule has 2 aliphatic heterocycles. The number of nitrogens with zero attached hydrogens (tertiary/aromatic N) is 2. The fourth-order valence-electron chi connectivity index (χ4n) is 5.35. The third-order valence-electron chi connectivity index (χ3n) is 7.72. The van der Waals surface area contributed by atoms with Crippen LogP contribution in [0.25, 0.3) is 5.76 Å². The van der Waals surface area contributed by atoms with Crippen molar-refractivity contribution in [3.8, 4) is 17.2 Å². The van der Waals surface area contributed by atoms with E-state index in [2.05, 4.69) is 32.6 Å². The summed E-state index contributed by atoms with van der Waals surface area (Å²) in [4.78, 5) is 30.7. The Morgan fingerprint density at radius 3 is 2.55 bits per heavy atom. The largest absolute Gasteiger partial charge is 0.507 e. The van der Waals surface area contributed by atoms with Crippen molar-refractivity contribution < 1.29 is 28.9 Å². The maximum atomic E-state index is 13.5. The monoisotopic (exact) mass is 550 g/mol. The number of benzene rings is 2. The predicted octanol–water partition coefficient (Wildman–Crippen LogP) is 5.21. The number of hydrogen-bond acceptors (Lipinski definition) is 7. The first-order chi connectivity index (χ1) is 19.2. The molecule has 8 heteroatoms. The molecule has 2 atom stereocenters. The number of aliphatic hydroxyl groups excluding tert-OH is 1. The summed E-state index contributed by atoms with van der Waals surface area (Å²) in [6.45, 7) is 13.6. The van der Waals surface area contributed by atoms with Crippen molar-refractivity contribution in [3.05, 3.63) is 58.7 Å². The van der Waals surface area contributed by atoms with E-state index < -0.39 is 17.7 Å². The minimum atomic E-state index is -0.766. The molecular weight excluding hydrogens is 508 g/mol. The van der Waals surface area contributed by atoms with Crippen LogP contribution >= 0.6 is 0 Å². The van der Waals surface area contributed by atoms with Gasteiger partial charge in [0.05, 0.1) is 25.3 Å². The Balaban J connectivity index is 1.77. The summed E-state index contributed by atoms with van der Waals surface area (Å²) >= 11 is 0. The Kier molecular flexibility index (Phi) is 9.40. The van der Waals surface area contributed by atoms with Crippen molar-refractivity contribution in [1.82, 2.24) is 9.80 Å². The van der Waals surface area contributed by atoms with E-state index in [-0.39, 0.29) is 17.4 Å². The molecule has 2 aromatic rings. The highest BCUT2D eigenvalue weighted by Gasteiger charge is 2.46. The van der Waals surface area contributed by atoms with Crippen LogP contribution in [0.2, 0.25) is 0 Å². The number of ketones is 1. The fraction of sp³-hybridized carbons (Fsp3) is 0.500. The number of ether oxygens (including phenoxy) is 3. The summed E-state index contributed by atoms with van der Waals surface area (Å²) in [7, 11) is 1.57. The Bertz CT molecular complexity index is 1270. The number of methoxy groups -OCH3 is 1. The minimum absolute atomic E-state index is 0.0480. The SMILES string of the molecule is CCN(CC)CCN1C(=O)C(=O)C(=C(O)c2ccc3c(c2)C[C@H](C)O3)[C@H]1c1ccc(OCCC(C)C)c(OC)c1. The van der Waals surface area contributed by atoms with Gasteiger partial charge >= 0.3 is 0 Å². The van der Waals surface area contributed by atoms with Gasteiger partial charge in [-0.2, -0.15) is 0 Å². The van der Waals surface area contributed by atoms with Crippen LogP contribution in [0, 0.1) is 5.92 Å². The highest BCUT2D eigenvalue weighted by atomic mass is 16.5. The van der Waals surface area contributed by atoms with Gasteiger partial charge in [0.15, 0.2) is 11.5 Å². The third-order valence-corrected chi connectivity index (χ3v) is 7.72. The van der Waals surface area contributed by atoms with Gasteiger partial charge in [-0.15, -0.1) is 0 Å². The van der Waals surface area contributed by atoms with Crippen molar-refractivity contribution >= 4 is 17.4 Å². The Morgan fingerprint density at radius 1 is 1.12 bits per heavy atom. The van der Waals surface area contributed by atoms with E-state index >= 15 is 0 Å². The van der Waals surface area contributed by atoms with Crippen molar-refractivity contribution in [1.29, 1.82) is 0 Å². The van der Waals surface area contributed by atoms with E-state index in [1.807, 2.05) is 31.2 Å². The lowest BCUT2D eigenvalue weighted by Crippen LogP contribution is -2.38. The summed E-state index contributed by atoms with van der Waals surface area (Å²) in [5.41, 5.74) is 2.20. The zero-order chi connectivity index (χ0) is 29.0. The molecule has 8 nitrogen and oxygen atoms in total. The molecule has 40 heavy (non-hydrogen) atoms. The summed E-state index contributed by atoms with van der Waals surface area (Å²) in [5.74, 6) is 0.894. The van der Waals surface area contributed by atoms with Crippen molar-refractivity contribution in [2.75, 3.05) is 39.9 Å². The molecule has 4 rings (SSSR count). The maximum absolute atomic E-state index is 13.5. The molecule has 0 spiro atoms. The molecular formula is C32H42N2O6. The van der Waals surface area contributed by atoms with E-state index in [1.54, 1.807) is 24.1 Å². The van der Waals surface area contributed by atoms with Crippen molar-refractivity contribution in [2.24, 2.45) is 5.92 Å². The number of likely N-dealkylation sites (tertiary alicyclic amines) is 1. The average Bonchev–Trinajstić information content (AvgIpc) is 3.44. The summed E-state index contributed by atoms with van der Waals surface area (Å²) < 4.78 is 17.4. The number of Topliss-reactive ketones (excluding diaryl/α,β-unsaturated/α-hetero) is 1. The zero-order valence-corrected chi connectivity index (χ0v) is 24.5. The molecule has 1 fully saturated rings. The van der Waals surface area contributed by atoms with E-state index in [0.717, 1.165) is 30.8 Å². The summed E-state index contributed by atoms with van der Waals surface area (Å²) in [5, 5.41) is 11.5. The van der Waals surface area contributed by atoms with Crippen molar-refractivity contribution in [2.45, 2.75) is 59.6 Å². The van der Waals surface area contributed by atoms with Crippen LogP contribution < -0.4 is 14.2 Å². The second-order valence-corrected chi connectivity index (χ2v) is 10.9. The lowest BCUT2D eigenvalue weighted by atomic mass is 9.94. The number of amides is 1. The van der Waals surface area contributed by atoms with Crippen LogP contribution in [0.3, 0.4) is 0 Å². The van der Waals surface area contributed by atoms with Crippen LogP contribution in [0.1, 0.15) is 63.8 Å². The molecule has 0 unspecified atom stereocenters. The quantitative estimate of drug-likeness (QED) is 0.221. The average molecular weight is 551 g/mol. The molecule has 216 valence electrons. The van der Waals surface area contributed by atoms with Crippen LogP contribution in [0.4, 0.5) is 0 Å². The summed E-state index contributed by atoms with van der Waals surface area (Å²) in [6, 6.07) is 10.1. The molecule has 2 aromatic carbocycles. The molecule has 1 saturated heterocycles. The maximum Gasteiger partial charge on any atom is 0.295 e. The first-order valence-electron chi connectivity index (χ1n) is 14.3. The smallest absolute Gasteiger partial charge is 0.295 e. The van der Waals surface area contributed by atoms with Crippen LogP contribution in [-0.2, 0) is 16.0 Å². The number of hydrogen-bond donors (Lipinski definition) is 1. The number of carbonyl (C=O) groups is 2. The highest BCUT2D eigenvalue weighted by Crippen LogP contribution is 2.42. The van der Waals surface area contributed by atoms with Gasteiger partial charge in [-0.05, 0) is 73.8 Å². The normalized spacial score (nSPS) is 19.9. The predicted molar refractivity (Wildman–Crippen MR) is 155 cm³/mol. The molecule has 2 aliphatic rings. The zero-order valence-electron chi connectivity index (χ0n) is 24.5. The molecule has 0 bridgehead atoms. The number of aliphatic hydroxyl groups is 1. The van der Waals surface area contributed by atoms with Gasteiger partial charge in [0.25, 0.3) is 11.7 Å². The van der Waals surface area contributed by atoms with Gasteiger partial charge in [-0.25, -0.2) is 0 Å². The van der Waals surface area contributed by atoms with Gasteiger partial charge in [-0.3, -0.25) is 9.59 Å².